The molecule has 0 aromatic heterocycles. The van der Waals surface area contributed by atoms with Crippen LogP contribution in [0.15, 0.2) is 0 Å². The maximum atomic E-state index is 4.83. The second-order valence-electron chi connectivity index (χ2n) is 3.68. The summed E-state index contributed by atoms with van der Waals surface area (Å²) >= 11 is 0. The number of methoxy groups -OCH3 is 1. The van der Waals surface area contributed by atoms with E-state index in [1.54, 1.807) is 7.11 Å². The molecule has 1 saturated carbocycles. The molecule has 74 valence electrons. The maximum absolute atomic E-state index is 4.83. The smallest absolute Gasteiger partial charge is 0.107 e. The Morgan fingerprint density at radius 3 is 2.85 bits per heavy atom. The van der Waals surface area contributed by atoms with Crippen molar-refractivity contribution in [1.29, 1.82) is 0 Å². The number of hydrogen-bond acceptors (Lipinski definition) is 2. The Labute approximate surface area is 81.0 Å². The van der Waals surface area contributed by atoms with Gasteiger partial charge in [-0.1, -0.05) is 25.2 Å². The largest absolute Gasteiger partial charge is 0.372 e. The topological polar surface area (TPSA) is 21.3 Å². The summed E-state index contributed by atoms with van der Waals surface area (Å²) in [5.41, 5.74) is 0. The van der Waals surface area contributed by atoms with Gasteiger partial charge in [0.05, 0.1) is 6.54 Å². The van der Waals surface area contributed by atoms with Crippen LogP contribution in [0.2, 0.25) is 0 Å². The highest BCUT2D eigenvalue weighted by atomic mass is 16.5. The van der Waals surface area contributed by atoms with Crippen LogP contribution in [0.25, 0.3) is 0 Å². The molecule has 1 fully saturated rings. The molecule has 2 atom stereocenters. The molecule has 2 nitrogen and oxygen atoms in total. The Bertz CT molecular complexity index is 192. The van der Waals surface area contributed by atoms with Gasteiger partial charge in [-0.2, -0.15) is 0 Å². The summed E-state index contributed by atoms with van der Waals surface area (Å²) in [6, 6.07) is 0.692. The Kier molecular flexibility index (Phi) is 4.88. The van der Waals surface area contributed by atoms with E-state index in [1.165, 1.54) is 19.3 Å². The van der Waals surface area contributed by atoms with Crippen LogP contribution in [0.1, 0.15) is 26.2 Å². The highest BCUT2D eigenvalue weighted by Gasteiger charge is 2.21. The fourth-order valence-electron chi connectivity index (χ4n) is 1.82. The monoisotopic (exact) mass is 181 g/mol. The van der Waals surface area contributed by atoms with Crippen molar-refractivity contribution in [1.82, 2.24) is 5.32 Å². The summed E-state index contributed by atoms with van der Waals surface area (Å²) in [6.07, 6.45) is 4.04. The zero-order valence-corrected chi connectivity index (χ0v) is 8.60. The second kappa shape index (κ2) is 6.01. The molecule has 0 aliphatic heterocycles. The summed E-state index contributed by atoms with van der Waals surface area (Å²) in [5, 5.41) is 3.46. The molecule has 1 aliphatic carbocycles. The van der Waals surface area contributed by atoms with Crippen LogP contribution in [0, 0.1) is 17.8 Å². The zero-order chi connectivity index (χ0) is 9.52. The van der Waals surface area contributed by atoms with Gasteiger partial charge in [0, 0.05) is 13.2 Å². The lowest BCUT2D eigenvalue weighted by Crippen LogP contribution is -2.31. The molecule has 2 heteroatoms. The number of ether oxygens (including phenoxy) is 1. The average Bonchev–Trinajstić information content (AvgIpc) is 2.52. The van der Waals surface area contributed by atoms with Crippen molar-refractivity contribution in [3.8, 4) is 11.8 Å². The van der Waals surface area contributed by atoms with E-state index in [9.17, 15) is 0 Å². The van der Waals surface area contributed by atoms with E-state index in [0.717, 1.165) is 12.5 Å². The van der Waals surface area contributed by atoms with Gasteiger partial charge in [-0.15, -0.1) is 0 Å². The minimum atomic E-state index is 0.544. The lowest BCUT2D eigenvalue weighted by molar-refractivity contribution is 0.239. The predicted octanol–water partition coefficient (Wildman–Crippen LogP) is 1.41. The molecular formula is C11H19NO. The molecule has 0 aromatic carbocycles. The van der Waals surface area contributed by atoms with Crippen molar-refractivity contribution in [2.75, 3.05) is 20.3 Å². The van der Waals surface area contributed by atoms with Crippen LogP contribution in [0.5, 0.6) is 0 Å². The van der Waals surface area contributed by atoms with Gasteiger partial charge in [-0.05, 0) is 18.8 Å². The highest BCUT2D eigenvalue weighted by molar-refractivity contribution is 5.01. The third-order valence-electron chi connectivity index (χ3n) is 2.66. The van der Waals surface area contributed by atoms with Gasteiger partial charge in [0.15, 0.2) is 0 Å². The molecule has 0 heterocycles. The van der Waals surface area contributed by atoms with Crippen LogP contribution >= 0.6 is 0 Å². The molecular weight excluding hydrogens is 162 g/mol. The van der Waals surface area contributed by atoms with Crippen molar-refractivity contribution in [3.05, 3.63) is 0 Å². The molecule has 1 N–H and O–H groups in total. The van der Waals surface area contributed by atoms with Gasteiger partial charge in [0.2, 0.25) is 0 Å². The van der Waals surface area contributed by atoms with Crippen LogP contribution in [0.4, 0.5) is 0 Å². The Balaban J connectivity index is 2.09. The van der Waals surface area contributed by atoms with Crippen molar-refractivity contribution < 1.29 is 4.74 Å². The van der Waals surface area contributed by atoms with E-state index in [0.29, 0.717) is 12.6 Å². The molecule has 0 saturated heterocycles. The highest BCUT2D eigenvalue weighted by Crippen LogP contribution is 2.24. The Morgan fingerprint density at radius 1 is 1.38 bits per heavy atom. The van der Waals surface area contributed by atoms with E-state index >= 15 is 0 Å². The van der Waals surface area contributed by atoms with Crippen LogP contribution in [-0.2, 0) is 4.74 Å². The minimum Gasteiger partial charge on any atom is -0.372 e. The molecule has 0 bridgehead atoms. The zero-order valence-electron chi connectivity index (χ0n) is 8.60. The third-order valence-corrected chi connectivity index (χ3v) is 2.66. The van der Waals surface area contributed by atoms with E-state index in [2.05, 4.69) is 24.1 Å². The summed E-state index contributed by atoms with van der Waals surface area (Å²) < 4.78 is 4.83. The first kappa shape index (κ1) is 10.6. The SMILES string of the molecule is COCC#CCNC1CCCC1C. The lowest BCUT2D eigenvalue weighted by atomic mass is 10.1. The first-order chi connectivity index (χ1) is 6.34. The quantitative estimate of drug-likeness (QED) is 0.665. The summed E-state index contributed by atoms with van der Waals surface area (Å²) in [4.78, 5) is 0. The van der Waals surface area contributed by atoms with Crippen molar-refractivity contribution in [2.45, 2.75) is 32.2 Å². The summed E-state index contributed by atoms with van der Waals surface area (Å²) in [5.74, 6) is 6.81. The van der Waals surface area contributed by atoms with Crippen molar-refractivity contribution in [3.63, 3.8) is 0 Å². The van der Waals surface area contributed by atoms with E-state index < -0.39 is 0 Å². The van der Waals surface area contributed by atoms with Gasteiger partial charge in [0.25, 0.3) is 0 Å². The van der Waals surface area contributed by atoms with Crippen molar-refractivity contribution >= 4 is 0 Å². The first-order valence-electron chi connectivity index (χ1n) is 5.02. The first-order valence-corrected chi connectivity index (χ1v) is 5.02. The second-order valence-corrected chi connectivity index (χ2v) is 3.68. The number of nitrogens with one attached hydrogen (secondary N) is 1. The predicted molar refractivity (Wildman–Crippen MR) is 54.5 cm³/mol. The van der Waals surface area contributed by atoms with Crippen molar-refractivity contribution in [2.24, 2.45) is 5.92 Å². The van der Waals surface area contributed by atoms with E-state index in [4.69, 9.17) is 4.74 Å². The van der Waals surface area contributed by atoms with E-state index in [1.807, 2.05) is 0 Å². The molecule has 0 radical (unpaired) electrons. The molecule has 1 aliphatic rings. The third kappa shape index (κ3) is 3.80. The standard InChI is InChI=1S/C11H19NO/c1-10-6-5-7-11(10)12-8-3-4-9-13-2/h10-12H,5-9H2,1-2H3. The molecule has 13 heavy (non-hydrogen) atoms. The molecule has 0 amide bonds. The lowest BCUT2D eigenvalue weighted by Gasteiger charge is -2.14. The maximum Gasteiger partial charge on any atom is 0.107 e. The summed E-state index contributed by atoms with van der Waals surface area (Å²) in [7, 11) is 1.67. The molecule has 2 unspecified atom stereocenters. The van der Waals surface area contributed by atoms with Crippen LogP contribution < -0.4 is 5.32 Å². The van der Waals surface area contributed by atoms with Crippen LogP contribution in [-0.4, -0.2) is 26.3 Å². The Morgan fingerprint density at radius 2 is 2.23 bits per heavy atom. The average molecular weight is 181 g/mol. The number of hydrogen-bond donors (Lipinski definition) is 1. The van der Waals surface area contributed by atoms with Gasteiger partial charge in [-0.25, -0.2) is 0 Å². The minimum absolute atomic E-state index is 0.544. The van der Waals surface area contributed by atoms with E-state index in [-0.39, 0.29) is 0 Å². The fourth-order valence-corrected chi connectivity index (χ4v) is 1.82. The molecule has 0 aromatic rings. The summed E-state index contributed by atoms with van der Waals surface area (Å²) in [6.45, 7) is 3.66. The van der Waals surface area contributed by atoms with Gasteiger partial charge in [-0.3, -0.25) is 0 Å². The van der Waals surface area contributed by atoms with Gasteiger partial charge < -0.3 is 10.1 Å². The fraction of sp³-hybridized carbons (Fsp3) is 0.818. The molecule has 1 rings (SSSR count). The Hall–Kier alpha value is -0.520. The van der Waals surface area contributed by atoms with Gasteiger partial charge >= 0.3 is 0 Å². The normalized spacial score (nSPS) is 26.9. The number of rotatable bonds is 3. The van der Waals surface area contributed by atoms with Gasteiger partial charge in [0.1, 0.15) is 6.61 Å². The molecule has 0 spiro atoms. The van der Waals surface area contributed by atoms with Crippen LogP contribution in [0.3, 0.4) is 0 Å².